The molecule has 3 heteroatoms. The zero-order valence-electron chi connectivity index (χ0n) is 9.86. The second-order valence-electron chi connectivity index (χ2n) is 4.67. The Morgan fingerprint density at radius 2 is 1.89 bits per heavy atom. The number of hydrogen-bond donors (Lipinski definition) is 0. The first-order valence-corrected chi connectivity index (χ1v) is 6.88. The molecule has 18 heavy (non-hydrogen) atoms. The van der Waals surface area contributed by atoms with Crippen molar-refractivity contribution in [2.45, 2.75) is 25.4 Å². The van der Waals surface area contributed by atoms with E-state index in [-0.39, 0.29) is 6.10 Å². The summed E-state index contributed by atoms with van der Waals surface area (Å²) in [6, 6.07) is 12.2. The molecule has 1 aliphatic carbocycles. The van der Waals surface area contributed by atoms with E-state index >= 15 is 0 Å². The predicted molar refractivity (Wildman–Crippen MR) is 74.9 cm³/mol. The molecule has 2 aromatic rings. The van der Waals surface area contributed by atoms with Crippen LogP contribution in [0.4, 0.5) is 0 Å². The van der Waals surface area contributed by atoms with Crippen LogP contribution in [0.3, 0.4) is 0 Å². The standard InChI is InChI=1S/C15H13BrO2/c16-12-3-1-11-8-14(5-2-10(11)7-12)18-15-6-4-13(17)9-15/h1-3,5,7-8,15H,4,6,9H2. The molecule has 92 valence electrons. The Morgan fingerprint density at radius 3 is 2.67 bits per heavy atom. The van der Waals surface area contributed by atoms with Crippen molar-refractivity contribution >= 4 is 32.5 Å². The van der Waals surface area contributed by atoms with Crippen molar-refractivity contribution < 1.29 is 9.53 Å². The fraction of sp³-hybridized carbons (Fsp3) is 0.267. The highest BCUT2D eigenvalue weighted by atomic mass is 79.9. The molecule has 1 atom stereocenters. The highest BCUT2D eigenvalue weighted by Gasteiger charge is 2.23. The molecule has 0 N–H and O–H groups in total. The molecular weight excluding hydrogens is 292 g/mol. The van der Waals surface area contributed by atoms with E-state index in [1.807, 2.05) is 24.3 Å². The first kappa shape index (κ1) is 11.7. The van der Waals surface area contributed by atoms with Crippen molar-refractivity contribution in [3.63, 3.8) is 0 Å². The summed E-state index contributed by atoms with van der Waals surface area (Å²) < 4.78 is 6.93. The minimum atomic E-state index is 0.0606. The maximum absolute atomic E-state index is 11.2. The van der Waals surface area contributed by atoms with Gasteiger partial charge in [-0.25, -0.2) is 0 Å². The Bertz CT molecular complexity index is 606. The molecule has 0 amide bonds. The van der Waals surface area contributed by atoms with Crippen molar-refractivity contribution in [1.82, 2.24) is 0 Å². The van der Waals surface area contributed by atoms with Crippen molar-refractivity contribution in [2.75, 3.05) is 0 Å². The molecule has 0 bridgehead atoms. The Balaban J connectivity index is 1.85. The number of carbonyl (C=O) groups is 1. The van der Waals surface area contributed by atoms with E-state index in [1.54, 1.807) is 0 Å². The number of hydrogen-bond acceptors (Lipinski definition) is 2. The van der Waals surface area contributed by atoms with Gasteiger partial charge in [-0.2, -0.15) is 0 Å². The van der Waals surface area contributed by atoms with Gasteiger partial charge in [0.05, 0.1) is 0 Å². The fourth-order valence-corrected chi connectivity index (χ4v) is 2.72. The summed E-state index contributed by atoms with van der Waals surface area (Å²) in [5.74, 6) is 1.16. The number of fused-ring (bicyclic) bond motifs is 1. The maximum atomic E-state index is 11.2. The van der Waals surface area contributed by atoms with E-state index in [1.165, 1.54) is 5.39 Å². The van der Waals surface area contributed by atoms with Gasteiger partial charge in [-0.3, -0.25) is 4.79 Å². The lowest BCUT2D eigenvalue weighted by Crippen LogP contribution is -2.11. The molecule has 0 aliphatic heterocycles. The lowest BCUT2D eigenvalue weighted by molar-refractivity contribution is -0.117. The second kappa shape index (κ2) is 4.73. The van der Waals surface area contributed by atoms with E-state index in [0.29, 0.717) is 18.6 Å². The number of benzene rings is 2. The first-order chi connectivity index (χ1) is 8.70. The van der Waals surface area contributed by atoms with Gasteiger partial charge >= 0.3 is 0 Å². The van der Waals surface area contributed by atoms with E-state index in [9.17, 15) is 4.79 Å². The van der Waals surface area contributed by atoms with Crippen LogP contribution in [0.2, 0.25) is 0 Å². The van der Waals surface area contributed by atoms with Gasteiger partial charge < -0.3 is 4.74 Å². The number of halogens is 1. The molecular formula is C15H13BrO2. The molecule has 1 aliphatic rings. The number of Topliss-reactive ketones (excluding diaryl/α,β-unsaturated/α-hetero) is 1. The van der Waals surface area contributed by atoms with E-state index in [0.717, 1.165) is 22.0 Å². The van der Waals surface area contributed by atoms with Crippen LogP contribution in [0.1, 0.15) is 19.3 Å². The molecule has 0 heterocycles. The largest absolute Gasteiger partial charge is 0.490 e. The molecule has 0 spiro atoms. The monoisotopic (exact) mass is 304 g/mol. The summed E-state index contributed by atoms with van der Waals surface area (Å²) in [6.07, 6.45) is 2.12. The van der Waals surface area contributed by atoms with Gasteiger partial charge in [-0.05, 0) is 41.5 Å². The van der Waals surface area contributed by atoms with Gasteiger partial charge in [-0.15, -0.1) is 0 Å². The van der Waals surface area contributed by atoms with E-state index in [4.69, 9.17) is 4.74 Å². The lowest BCUT2D eigenvalue weighted by Gasteiger charge is -2.12. The third kappa shape index (κ3) is 2.41. The zero-order valence-corrected chi connectivity index (χ0v) is 11.4. The SMILES string of the molecule is O=C1CCC(Oc2ccc3cc(Br)ccc3c2)C1. The third-order valence-corrected chi connectivity index (χ3v) is 3.77. The smallest absolute Gasteiger partial charge is 0.136 e. The van der Waals surface area contributed by atoms with E-state index in [2.05, 4.69) is 28.1 Å². The topological polar surface area (TPSA) is 26.3 Å². The van der Waals surface area contributed by atoms with Crippen LogP contribution in [-0.4, -0.2) is 11.9 Å². The van der Waals surface area contributed by atoms with Gasteiger partial charge in [0, 0.05) is 17.3 Å². The van der Waals surface area contributed by atoms with Gasteiger partial charge in [0.15, 0.2) is 0 Å². The predicted octanol–water partition coefficient (Wildman–Crippen LogP) is 4.10. The Labute approximate surface area is 114 Å². The summed E-state index contributed by atoms with van der Waals surface area (Å²) >= 11 is 3.46. The highest BCUT2D eigenvalue weighted by molar-refractivity contribution is 9.10. The normalized spacial score (nSPS) is 19.4. The molecule has 1 unspecified atom stereocenters. The molecule has 0 radical (unpaired) electrons. The summed E-state index contributed by atoms with van der Waals surface area (Å²) in [5, 5.41) is 2.33. The average molecular weight is 305 g/mol. The van der Waals surface area contributed by atoms with Crippen molar-refractivity contribution in [3.8, 4) is 5.75 Å². The Morgan fingerprint density at radius 1 is 1.11 bits per heavy atom. The van der Waals surface area contributed by atoms with Gasteiger partial charge in [0.25, 0.3) is 0 Å². The molecule has 3 rings (SSSR count). The minimum absolute atomic E-state index is 0.0606. The maximum Gasteiger partial charge on any atom is 0.136 e. The first-order valence-electron chi connectivity index (χ1n) is 6.08. The Kier molecular flexibility index (Phi) is 3.08. The molecule has 1 fully saturated rings. The zero-order chi connectivity index (χ0) is 12.5. The number of rotatable bonds is 2. The van der Waals surface area contributed by atoms with Crippen molar-refractivity contribution in [3.05, 3.63) is 40.9 Å². The summed E-state index contributed by atoms with van der Waals surface area (Å²) in [6.45, 7) is 0. The van der Waals surface area contributed by atoms with Crippen LogP contribution in [0.15, 0.2) is 40.9 Å². The molecule has 2 aromatic carbocycles. The van der Waals surface area contributed by atoms with Gasteiger partial charge in [0.2, 0.25) is 0 Å². The van der Waals surface area contributed by atoms with Crippen LogP contribution < -0.4 is 4.74 Å². The quantitative estimate of drug-likeness (QED) is 0.835. The lowest BCUT2D eigenvalue weighted by atomic mass is 10.1. The number of carbonyl (C=O) groups excluding carboxylic acids is 1. The van der Waals surface area contributed by atoms with Gasteiger partial charge in [0.1, 0.15) is 17.6 Å². The van der Waals surface area contributed by atoms with Crippen molar-refractivity contribution in [1.29, 1.82) is 0 Å². The van der Waals surface area contributed by atoms with Crippen LogP contribution in [0.25, 0.3) is 10.8 Å². The number of ether oxygens (including phenoxy) is 1. The summed E-state index contributed by atoms with van der Waals surface area (Å²) in [5.41, 5.74) is 0. The third-order valence-electron chi connectivity index (χ3n) is 3.28. The number of ketones is 1. The second-order valence-corrected chi connectivity index (χ2v) is 5.59. The van der Waals surface area contributed by atoms with Crippen LogP contribution in [0, 0.1) is 0 Å². The average Bonchev–Trinajstić information content (AvgIpc) is 2.75. The molecule has 0 aromatic heterocycles. The van der Waals surface area contributed by atoms with Crippen molar-refractivity contribution in [2.24, 2.45) is 0 Å². The highest BCUT2D eigenvalue weighted by Crippen LogP contribution is 2.27. The van der Waals surface area contributed by atoms with Crippen LogP contribution in [-0.2, 0) is 4.79 Å². The molecule has 1 saturated carbocycles. The van der Waals surface area contributed by atoms with Gasteiger partial charge in [-0.1, -0.05) is 28.1 Å². The summed E-state index contributed by atoms with van der Waals surface area (Å²) in [4.78, 5) is 11.2. The van der Waals surface area contributed by atoms with E-state index < -0.39 is 0 Å². The fourth-order valence-electron chi connectivity index (χ4n) is 2.34. The summed E-state index contributed by atoms with van der Waals surface area (Å²) in [7, 11) is 0. The molecule has 0 saturated heterocycles. The molecule has 2 nitrogen and oxygen atoms in total. The van der Waals surface area contributed by atoms with Crippen LogP contribution in [0.5, 0.6) is 5.75 Å². The van der Waals surface area contributed by atoms with Crippen LogP contribution >= 0.6 is 15.9 Å². The Hall–Kier alpha value is -1.35. The minimum Gasteiger partial charge on any atom is -0.490 e.